The first kappa shape index (κ1) is 15.5. The number of methoxy groups -OCH3 is 1. The van der Waals surface area contributed by atoms with Crippen LogP contribution in [0.2, 0.25) is 0 Å². The van der Waals surface area contributed by atoms with E-state index in [1.807, 2.05) is 13.1 Å². The first-order valence-corrected chi connectivity index (χ1v) is 7.07. The van der Waals surface area contributed by atoms with E-state index < -0.39 is 10.8 Å². The molecule has 3 rings (SSSR count). The van der Waals surface area contributed by atoms with Crippen molar-refractivity contribution in [2.24, 2.45) is 0 Å². The number of pyridine rings is 1. The highest BCUT2D eigenvalue weighted by molar-refractivity contribution is 6.05. The fraction of sp³-hybridized carbons (Fsp3) is 0.125. The van der Waals surface area contributed by atoms with Gasteiger partial charge in [0.15, 0.2) is 0 Å². The van der Waals surface area contributed by atoms with Crippen LogP contribution in [0, 0.1) is 17.0 Å². The minimum absolute atomic E-state index is 0.134. The van der Waals surface area contributed by atoms with Crippen LogP contribution in [0.5, 0.6) is 5.75 Å². The Labute approximate surface area is 136 Å². The van der Waals surface area contributed by atoms with Gasteiger partial charge in [0.05, 0.1) is 23.4 Å². The number of non-ortho nitro benzene ring substituents is 1. The summed E-state index contributed by atoms with van der Waals surface area (Å²) in [7, 11) is 1.43. The van der Waals surface area contributed by atoms with Crippen molar-refractivity contribution in [2.45, 2.75) is 6.92 Å². The number of aryl methyl sites for hydroxylation is 1. The first-order chi connectivity index (χ1) is 11.5. The molecule has 0 saturated carbocycles. The van der Waals surface area contributed by atoms with Gasteiger partial charge in [0, 0.05) is 30.1 Å². The zero-order chi connectivity index (χ0) is 17.3. The van der Waals surface area contributed by atoms with Crippen molar-refractivity contribution in [2.75, 3.05) is 12.4 Å². The van der Waals surface area contributed by atoms with Crippen LogP contribution < -0.4 is 10.1 Å². The van der Waals surface area contributed by atoms with Gasteiger partial charge in [0.1, 0.15) is 11.4 Å². The average Bonchev–Trinajstić information content (AvgIpc) is 2.93. The highest BCUT2D eigenvalue weighted by Gasteiger charge is 2.15. The van der Waals surface area contributed by atoms with Gasteiger partial charge in [0.25, 0.3) is 11.6 Å². The van der Waals surface area contributed by atoms with Crippen LogP contribution in [0.15, 0.2) is 42.7 Å². The molecule has 1 aromatic carbocycles. The summed E-state index contributed by atoms with van der Waals surface area (Å²) in [5, 5.41) is 13.5. The second-order valence-electron chi connectivity index (χ2n) is 5.16. The Bertz CT molecular complexity index is 948. The summed E-state index contributed by atoms with van der Waals surface area (Å²) >= 11 is 0. The number of nitro groups is 1. The summed E-state index contributed by atoms with van der Waals surface area (Å²) in [6, 6.07) is 7.30. The molecule has 3 aromatic rings. The molecule has 122 valence electrons. The molecule has 0 bridgehead atoms. The third kappa shape index (κ3) is 2.89. The van der Waals surface area contributed by atoms with Gasteiger partial charge in [-0.05, 0) is 25.1 Å². The third-order valence-electron chi connectivity index (χ3n) is 3.48. The number of anilines is 1. The largest absolute Gasteiger partial charge is 0.495 e. The Hall–Kier alpha value is -3.42. The van der Waals surface area contributed by atoms with E-state index in [0.717, 1.165) is 5.69 Å². The van der Waals surface area contributed by atoms with Gasteiger partial charge in [-0.15, -0.1) is 0 Å². The van der Waals surface area contributed by atoms with Crippen LogP contribution >= 0.6 is 0 Å². The number of carbonyl (C=O) groups is 1. The third-order valence-corrected chi connectivity index (χ3v) is 3.48. The van der Waals surface area contributed by atoms with Gasteiger partial charge < -0.3 is 14.5 Å². The van der Waals surface area contributed by atoms with Gasteiger partial charge in [-0.2, -0.15) is 0 Å². The van der Waals surface area contributed by atoms with Crippen molar-refractivity contribution in [3.05, 3.63) is 64.1 Å². The number of imidazole rings is 1. The lowest BCUT2D eigenvalue weighted by Gasteiger charge is -2.10. The van der Waals surface area contributed by atoms with Crippen LogP contribution in [-0.4, -0.2) is 27.3 Å². The molecule has 0 radical (unpaired) electrons. The van der Waals surface area contributed by atoms with E-state index in [4.69, 9.17) is 4.74 Å². The molecule has 0 spiro atoms. The quantitative estimate of drug-likeness (QED) is 0.587. The molecule has 0 aliphatic heterocycles. The molecule has 0 unspecified atom stereocenters. The zero-order valence-electron chi connectivity index (χ0n) is 13.0. The maximum atomic E-state index is 12.4. The number of aromatic nitrogens is 2. The monoisotopic (exact) mass is 326 g/mol. The van der Waals surface area contributed by atoms with E-state index in [1.54, 1.807) is 22.7 Å². The molecule has 0 atom stereocenters. The second kappa shape index (κ2) is 5.99. The number of hydrogen-bond donors (Lipinski definition) is 1. The van der Waals surface area contributed by atoms with Crippen LogP contribution in [0.25, 0.3) is 5.65 Å². The number of ether oxygens (including phenoxy) is 1. The number of carbonyl (C=O) groups excluding carboxylic acids is 1. The maximum Gasteiger partial charge on any atom is 0.271 e. The maximum absolute atomic E-state index is 12.4. The standard InChI is InChI=1S/C16H14N4O4/c1-10-9-19-6-5-11(7-15(19)17-10)16(21)18-13-8-12(20(22)23)3-4-14(13)24-2/h3-9H,1-2H3,(H,18,21). The number of benzene rings is 1. The Morgan fingerprint density at radius 1 is 1.33 bits per heavy atom. The number of fused-ring (bicyclic) bond motifs is 1. The van der Waals surface area contributed by atoms with E-state index >= 15 is 0 Å². The summed E-state index contributed by atoms with van der Waals surface area (Å²) < 4.78 is 6.94. The van der Waals surface area contributed by atoms with Crippen LogP contribution in [-0.2, 0) is 0 Å². The van der Waals surface area contributed by atoms with Crippen molar-refractivity contribution < 1.29 is 14.5 Å². The van der Waals surface area contributed by atoms with Crippen molar-refractivity contribution in [3.8, 4) is 5.75 Å². The predicted molar refractivity (Wildman–Crippen MR) is 87.5 cm³/mol. The molecular weight excluding hydrogens is 312 g/mol. The molecule has 8 nitrogen and oxygen atoms in total. The van der Waals surface area contributed by atoms with Crippen molar-refractivity contribution >= 4 is 22.9 Å². The summed E-state index contributed by atoms with van der Waals surface area (Å²) in [6.07, 6.45) is 3.58. The molecular formula is C16H14N4O4. The number of hydrogen-bond acceptors (Lipinski definition) is 5. The zero-order valence-corrected chi connectivity index (χ0v) is 13.0. The van der Waals surface area contributed by atoms with E-state index in [0.29, 0.717) is 17.0 Å². The highest BCUT2D eigenvalue weighted by Crippen LogP contribution is 2.29. The smallest absolute Gasteiger partial charge is 0.271 e. The fourth-order valence-corrected chi connectivity index (χ4v) is 2.35. The number of rotatable bonds is 4. The van der Waals surface area contributed by atoms with Gasteiger partial charge in [-0.1, -0.05) is 0 Å². The lowest BCUT2D eigenvalue weighted by atomic mass is 10.2. The van der Waals surface area contributed by atoms with Crippen molar-refractivity contribution in [1.82, 2.24) is 9.38 Å². The van der Waals surface area contributed by atoms with E-state index in [1.165, 1.54) is 25.3 Å². The topological polar surface area (TPSA) is 98.8 Å². The highest BCUT2D eigenvalue weighted by atomic mass is 16.6. The van der Waals surface area contributed by atoms with Gasteiger partial charge in [-0.25, -0.2) is 4.98 Å². The number of nitrogens with zero attached hydrogens (tertiary/aromatic N) is 3. The van der Waals surface area contributed by atoms with E-state index in [-0.39, 0.29) is 11.4 Å². The first-order valence-electron chi connectivity index (χ1n) is 7.07. The molecule has 24 heavy (non-hydrogen) atoms. The Morgan fingerprint density at radius 2 is 2.12 bits per heavy atom. The molecule has 1 amide bonds. The fourth-order valence-electron chi connectivity index (χ4n) is 2.35. The summed E-state index contributed by atoms with van der Waals surface area (Å²) in [5.74, 6) is -0.0661. The Morgan fingerprint density at radius 3 is 2.83 bits per heavy atom. The molecule has 0 aliphatic carbocycles. The van der Waals surface area contributed by atoms with Crippen LogP contribution in [0.3, 0.4) is 0 Å². The molecule has 2 aromatic heterocycles. The normalized spacial score (nSPS) is 10.6. The number of amides is 1. The molecule has 8 heteroatoms. The molecule has 0 aliphatic rings. The summed E-state index contributed by atoms with van der Waals surface area (Å²) in [5.41, 5.74) is 1.97. The molecule has 1 N–H and O–H groups in total. The molecule has 0 saturated heterocycles. The van der Waals surface area contributed by atoms with Gasteiger partial charge in [0.2, 0.25) is 0 Å². The second-order valence-corrected chi connectivity index (χ2v) is 5.16. The van der Waals surface area contributed by atoms with Gasteiger partial charge >= 0.3 is 0 Å². The minimum atomic E-state index is -0.533. The Balaban J connectivity index is 1.92. The molecule has 2 heterocycles. The van der Waals surface area contributed by atoms with E-state index in [9.17, 15) is 14.9 Å². The number of nitrogens with one attached hydrogen (secondary N) is 1. The van der Waals surface area contributed by atoms with Crippen LogP contribution in [0.1, 0.15) is 16.1 Å². The molecule has 0 fully saturated rings. The minimum Gasteiger partial charge on any atom is -0.495 e. The summed E-state index contributed by atoms with van der Waals surface area (Å²) in [6.45, 7) is 1.86. The Kier molecular flexibility index (Phi) is 3.87. The van der Waals surface area contributed by atoms with Crippen LogP contribution in [0.4, 0.5) is 11.4 Å². The van der Waals surface area contributed by atoms with E-state index in [2.05, 4.69) is 10.3 Å². The SMILES string of the molecule is COc1ccc([N+](=O)[O-])cc1NC(=O)c1ccn2cc(C)nc2c1. The van der Waals surface area contributed by atoms with Crippen molar-refractivity contribution in [1.29, 1.82) is 0 Å². The number of nitro benzene ring substituents is 1. The average molecular weight is 326 g/mol. The van der Waals surface area contributed by atoms with Crippen molar-refractivity contribution in [3.63, 3.8) is 0 Å². The van der Waals surface area contributed by atoms with Gasteiger partial charge in [-0.3, -0.25) is 14.9 Å². The lowest BCUT2D eigenvalue weighted by molar-refractivity contribution is -0.384. The predicted octanol–water partition coefficient (Wildman–Crippen LogP) is 2.81. The lowest BCUT2D eigenvalue weighted by Crippen LogP contribution is -2.13. The summed E-state index contributed by atoms with van der Waals surface area (Å²) in [4.78, 5) is 27.1.